The molecule has 5 heterocycles. The second-order valence-electron chi connectivity index (χ2n) is 9.13. The van der Waals surface area contributed by atoms with E-state index in [2.05, 4.69) is 40.7 Å². The van der Waals surface area contributed by atoms with Crippen LogP contribution in [0.3, 0.4) is 0 Å². The molecule has 1 aliphatic rings. The van der Waals surface area contributed by atoms with Gasteiger partial charge in [0.25, 0.3) is 0 Å². The third-order valence-corrected chi connectivity index (χ3v) is 6.12. The maximum absolute atomic E-state index is 16.1. The van der Waals surface area contributed by atoms with Crippen molar-refractivity contribution in [3.05, 3.63) is 96.3 Å². The second-order valence-corrected chi connectivity index (χ2v) is 9.13. The Morgan fingerprint density at radius 3 is 2.71 bits per heavy atom. The predicted octanol–water partition coefficient (Wildman–Crippen LogP) is 5.86. The summed E-state index contributed by atoms with van der Waals surface area (Å²) in [5, 5.41) is 14.4. The summed E-state index contributed by atoms with van der Waals surface area (Å²) in [6, 6.07) is 5.73. The minimum atomic E-state index is -0.436. The molecule has 0 spiro atoms. The number of fused-ring (bicyclic) bond motifs is 2. The fourth-order valence-electron chi connectivity index (χ4n) is 4.47. The quantitative estimate of drug-likeness (QED) is 0.269. The summed E-state index contributed by atoms with van der Waals surface area (Å²) in [7, 11) is 4.00. The molecule has 0 atom stereocenters. The zero-order valence-corrected chi connectivity index (χ0v) is 21.7. The van der Waals surface area contributed by atoms with Crippen molar-refractivity contribution in [3.63, 3.8) is 0 Å². The highest BCUT2D eigenvalue weighted by molar-refractivity contribution is 6.00. The highest BCUT2D eigenvalue weighted by atomic mass is 19.1. The first-order valence-corrected chi connectivity index (χ1v) is 12.3. The Labute approximate surface area is 220 Å². The molecule has 0 bridgehead atoms. The van der Waals surface area contributed by atoms with E-state index in [0.717, 1.165) is 34.8 Å². The van der Waals surface area contributed by atoms with Crippen molar-refractivity contribution >= 4 is 33.5 Å². The van der Waals surface area contributed by atoms with Gasteiger partial charge in [0.2, 0.25) is 0 Å². The zero-order valence-electron chi connectivity index (χ0n) is 21.7. The number of anilines is 2. The first kappa shape index (κ1) is 25.0. The lowest BCUT2D eigenvalue weighted by molar-refractivity contribution is 0.449. The van der Waals surface area contributed by atoms with Crippen LogP contribution in [0.25, 0.3) is 33.4 Å². The van der Waals surface area contributed by atoms with Crippen LogP contribution in [0.5, 0.6) is 0 Å². The zero-order chi connectivity index (χ0) is 26.6. The number of rotatable bonds is 7. The van der Waals surface area contributed by atoms with E-state index < -0.39 is 5.82 Å². The Kier molecular flexibility index (Phi) is 7.10. The van der Waals surface area contributed by atoms with E-state index in [1.165, 1.54) is 0 Å². The number of pyridine rings is 3. The summed E-state index contributed by atoms with van der Waals surface area (Å²) in [4.78, 5) is 15.3. The Bertz CT molecular complexity index is 1600. The van der Waals surface area contributed by atoms with Gasteiger partial charge in [-0.3, -0.25) is 20.1 Å². The second kappa shape index (κ2) is 10.8. The lowest BCUT2D eigenvalue weighted by Gasteiger charge is -2.21. The van der Waals surface area contributed by atoms with Crippen LogP contribution in [-0.4, -0.2) is 50.7 Å². The molecule has 3 N–H and O–H groups in total. The molecule has 0 saturated heterocycles. The summed E-state index contributed by atoms with van der Waals surface area (Å²) >= 11 is 0. The first-order valence-electron chi connectivity index (χ1n) is 12.3. The van der Waals surface area contributed by atoms with Gasteiger partial charge in [0, 0.05) is 30.7 Å². The molecule has 0 radical (unpaired) electrons. The first-order chi connectivity index (χ1) is 18.5. The molecule has 0 unspecified atom stereocenters. The standard InChI is InChI=1S/C29H29FN8/c1-5-9-18(17-38(3)4)12-19(6-2)27-26(30)25-22(15-33-27)36-37-29(25)24-16-34-28-20(13-31-14-23(28)35-24)21-10-7-8-11-32-21/h5-16,34-35H,17H2,1-4H3,(H,36,37)/b9-5+,18-12+,19-6+. The van der Waals surface area contributed by atoms with Crippen molar-refractivity contribution in [2.45, 2.75) is 13.8 Å². The molecular formula is C29H29FN8. The van der Waals surface area contributed by atoms with Crippen molar-refractivity contribution in [1.29, 1.82) is 0 Å². The molecule has 4 aromatic rings. The fourth-order valence-corrected chi connectivity index (χ4v) is 4.47. The highest BCUT2D eigenvalue weighted by Gasteiger charge is 2.23. The van der Waals surface area contributed by atoms with Crippen LogP contribution < -0.4 is 10.6 Å². The van der Waals surface area contributed by atoms with Crippen molar-refractivity contribution in [3.8, 4) is 11.3 Å². The lowest BCUT2D eigenvalue weighted by atomic mass is 10.0. The van der Waals surface area contributed by atoms with E-state index in [1.54, 1.807) is 31.0 Å². The minimum Gasteiger partial charge on any atom is -0.357 e. The number of aromatic nitrogens is 5. The Hall–Kier alpha value is -4.63. The summed E-state index contributed by atoms with van der Waals surface area (Å²) in [6.45, 7) is 4.57. The molecule has 0 fully saturated rings. The van der Waals surface area contributed by atoms with Gasteiger partial charge < -0.3 is 15.5 Å². The molecule has 192 valence electrons. The van der Waals surface area contributed by atoms with Gasteiger partial charge in [-0.25, -0.2) is 4.39 Å². The summed E-state index contributed by atoms with van der Waals surface area (Å²) < 4.78 is 16.1. The van der Waals surface area contributed by atoms with Crippen LogP contribution in [0.4, 0.5) is 15.8 Å². The average molecular weight is 509 g/mol. The number of nitrogens with one attached hydrogen (secondary N) is 3. The van der Waals surface area contributed by atoms with Crippen LogP contribution in [-0.2, 0) is 0 Å². The van der Waals surface area contributed by atoms with Crippen molar-refractivity contribution < 1.29 is 4.39 Å². The number of allylic oxidation sites excluding steroid dienone is 4. The molecular weight excluding hydrogens is 479 g/mol. The average Bonchev–Trinajstić information content (AvgIpc) is 3.37. The number of aromatic amines is 1. The Morgan fingerprint density at radius 2 is 1.97 bits per heavy atom. The van der Waals surface area contributed by atoms with Crippen LogP contribution in [0.15, 0.2) is 79.1 Å². The number of nitrogens with zero attached hydrogens (tertiary/aromatic N) is 5. The van der Waals surface area contributed by atoms with Gasteiger partial charge in [-0.1, -0.05) is 24.3 Å². The van der Waals surface area contributed by atoms with Gasteiger partial charge in [-0.05, 0) is 57.3 Å². The van der Waals surface area contributed by atoms with Gasteiger partial charge in [-0.2, -0.15) is 5.10 Å². The third kappa shape index (κ3) is 4.83. The molecule has 4 aromatic heterocycles. The van der Waals surface area contributed by atoms with E-state index in [1.807, 2.05) is 70.4 Å². The van der Waals surface area contributed by atoms with Gasteiger partial charge in [0.1, 0.15) is 11.4 Å². The van der Waals surface area contributed by atoms with Crippen LogP contribution in [0.1, 0.15) is 25.2 Å². The van der Waals surface area contributed by atoms with Crippen LogP contribution >= 0.6 is 0 Å². The summed E-state index contributed by atoms with van der Waals surface area (Å²) in [5.41, 5.74) is 6.82. The Balaban J connectivity index is 1.54. The van der Waals surface area contributed by atoms with Gasteiger partial charge >= 0.3 is 0 Å². The van der Waals surface area contributed by atoms with E-state index in [-0.39, 0.29) is 5.69 Å². The van der Waals surface area contributed by atoms with Crippen LogP contribution in [0.2, 0.25) is 0 Å². The topological polar surface area (TPSA) is 94.7 Å². The molecule has 5 rings (SSSR count). The normalized spacial score (nSPS) is 14.0. The number of hydrogen-bond acceptors (Lipinski definition) is 7. The molecule has 0 aliphatic carbocycles. The summed E-state index contributed by atoms with van der Waals surface area (Å²) in [5.74, 6) is -0.436. The smallest absolute Gasteiger partial charge is 0.161 e. The van der Waals surface area contributed by atoms with Crippen molar-refractivity contribution in [2.24, 2.45) is 0 Å². The molecule has 8 nitrogen and oxygen atoms in total. The highest BCUT2D eigenvalue weighted by Crippen LogP contribution is 2.38. The lowest BCUT2D eigenvalue weighted by Crippen LogP contribution is -2.14. The van der Waals surface area contributed by atoms with E-state index in [4.69, 9.17) is 0 Å². The third-order valence-electron chi connectivity index (χ3n) is 6.12. The monoisotopic (exact) mass is 508 g/mol. The Morgan fingerprint density at radius 1 is 1.11 bits per heavy atom. The van der Waals surface area contributed by atoms with Crippen molar-refractivity contribution in [1.82, 2.24) is 30.0 Å². The maximum atomic E-state index is 16.1. The molecule has 9 heteroatoms. The number of halogens is 1. The molecule has 1 aliphatic heterocycles. The van der Waals surface area contributed by atoms with E-state index >= 15 is 4.39 Å². The van der Waals surface area contributed by atoms with Gasteiger partial charge in [0.15, 0.2) is 5.82 Å². The maximum Gasteiger partial charge on any atom is 0.161 e. The molecule has 0 aromatic carbocycles. The van der Waals surface area contributed by atoms with Crippen LogP contribution in [0, 0.1) is 5.82 Å². The molecule has 38 heavy (non-hydrogen) atoms. The molecule has 0 amide bonds. The van der Waals surface area contributed by atoms with Crippen molar-refractivity contribution in [2.75, 3.05) is 31.3 Å². The van der Waals surface area contributed by atoms with Gasteiger partial charge in [-0.15, -0.1) is 0 Å². The summed E-state index contributed by atoms with van der Waals surface area (Å²) in [6.07, 6.45) is 16.5. The predicted molar refractivity (Wildman–Crippen MR) is 152 cm³/mol. The van der Waals surface area contributed by atoms with E-state index in [0.29, 0.717) is 27.9 Å². The SMILES string of the molecule is C/C=C/C(=C\C(=C/C)c1ncc2[nH]nc(C3=CNc4c(cncc4-c4ccccn4)N3)c2c1F)CN(C)C. The van der Waals surface area contributed by atoms with E-state index in [9.17, 15) is 0 Å². The number of hydrogen-bond donors (Lipinski definition) is 3. The minimum absolute atomic E-state index is 0.271. The number of likely N-dealkylation sites (N-methyl/N-ethyl adjacent to an activating group) is 1. The van der Waals surface area contributed by atoms with Gasteiger partial charge in [0.05, 0.1) is 46.1 Å². The largest absolute Gasteiger partial charge is 0.357 e. The fraction of sp³-hybridized carbons (Fsp3) is 0.172. The number of H-pyrrole nitrogens is 1. The molecule has 0 saturated carbocycles.